The fourth-order valence-electron chi connectivity index (χ4n) is 2.63. The Morgan fingerprint density at radius 1 is 1.33 bits per heavy atom. The minimum absolute atomic E-state index is 0.244. The topological polar surface area (TPSA) is 50.9 Å². The number of hydrogen-bond acceptors (Lipinski definition) is 4. The van der Waals surface area contributed by atoms with Crippen molar-refractivity contribution in [1.82, 2.24) is 0 Å². The molecule has 0 aromatic heterocycles. The highest BCUT2D eigenvalue weighted by Gasteiger charge is 2.36. The molecule has 0 saturated carbocycles. The van der Waals surface area contributed by atoms with E-state index in [4.69, 9.17) is 10.5 Å². The molecule has 0 radical (unpaired) electrons. The van der Waals surface area contributed by atoms with E-state index in [2.05, 4.69) is 38.0 Å². The summed E-state index contributed by atoms with van der Waals surface area (Å²) >= 11 is 3.45. The molecule has 0 bridgehead atoms. The van der Waals surface area contributed by atoms with Gasteiger partial charge in [0.15, 0.2) is 5.96 Å². The molecular weight excluding hydrogens is 294 g/mol. The van der Waals surface area contributed by atoms with E-state index in [1.165, 1.54) is 0 Å². The fraction of sp³-hybridized carbons (Fsp3) is 0.462. The Hall–Kier alpha value is -1.07. The molecule has 0 aliphatic carbocycles. The van der Waals surface area contributed by atoms with Gasteiger partial charge < -0.3 is 15.4 Å². The second-order valence-electron chi connectivity index (χ2n) is 4.66. The standard InChI is InChI=1S/C13H16BrN3O/c14-9-3-5-10(6-4-9)17-11(8-16-13(17)15)12-2-1-7-18-12/h3-6,11-12H,1-2,7-8H2,(H2,15,16). The van der Waals surface area contributed by atoms with Crippen molar-refractivity contribution in [2.45, 2.75) is 25.0 Å². The van der Waals surface area contributed by atoms with Gasteiger partial charge in [-0.05, 0) is 37.1 Å². The molecule has 2 aliphatic rings. The Balaban J connectivity index is 1.86. The summed E-state index contributed by atoms with van der Waals surface area (Å²) in [5.41, 5.74) is 7.10. The van der Waals surface area contributed by atoms with Gasteiger partial charge in [0.25, 0.3) is 0 Å². The molecule has 1 saturated heterocycles. The summed E-state index contributed by atoms with van der Waals surface area (Å²) in [5.74, 6) is 0.595. The summed E-state index contributed by atoms with van der Waals surface area (Å²) in [6.07, 6.45) is 2.48. The minimum atomic E-state index is 0.244. The molecule has 0 spiro atoms. The van der Waals surface area contributed by atoms with Crippen molar-refractivity contribution in [1.29, 1.82) is 0 Å². The Labute approximate surface area is 115 Å². The van der Waals surface area contributed by atoms with Crippen LogP contribution in [0.4, 0.5) is 5.69 Å². The van der Waals surface area contributed by atoms with E-state index >= 15 is 0 Å². The normalized spacial score (nSPS) is 27.6. The molecule has 0 amide bonds. The van der Waals surface area contributed by atoms with Crippen molar-refractivity contribution >= 4 is 27.6 Å². The van der Waals surface area contributed by atoms with Gasteiger partial charge in [-0.3, -0.25) is 4.99 Å². The van der Waals surface area contributed by atoms with Crippen LogP contribution < -0.4 is 10.6 Å². The fourth-order valence-corrected chi connectivity index (χ4v) is 2.89. The molecule has 96 valence electrons. The average Bonchev–Trinajstić information content (AvgIpc) is 2.99. The van der Waals surface area contributed by atoms with Gasteiger partial charge in [0.2, 0.25) is 0 Å². The zero-order valence-electron chi connectivity index (χ0n) is 10.1. The molecule has 4 nitrogen and oxygen atoms in total. The van der Waals surface area contributed by atoms with E-state index in [9.17, 15) is 0 Å². The zero-order valence-corrected chi connectivity index (χ0v) is 11.6. The lowest BCUT2D eigenvalue weighted by Gasteiger charge is -2.30. The van der Waals surface area contributed by atoms with Crippen LogP contribution in [0.15, 0.2) is 33.7 Å². The third kappa shape index (κ3) is 2.12. The lowest BCUT2D eigenvalue weighted by molar-refractivity contribution is 0.0947. The van der Waals surface area contributed by atoms with Gasteiger partial charge in [-0.25, -0.2) is 0 Å². The SMILES string of the molecule is NC1=NCC(C2CCCO2)N1c1ccc(Br)cc1. The van der Waals surface area contributed by atoms with Crippen LogP contribution >= 0.6 is 15.9 Å². The maximum Gasteiger partial charge on any atom is 0.196 e. The van der Waals surface area contributed by atoms with E-state index in [-0.39, 0.29) is 12.1 Å². The Bertz CT molecular complexity index is 454. The highest BCUT2D eigenvalue weighted by atomic mass is 79.9. The Morgan fingerprint density at radius 2 is 2.11 bits per heavy atom. The quantitative estimate of drug-likeness (QED) is 0.910. The number of benzene rings is 1. The number of nitrogens with two attached hydrogens (primary N) is 1. The van der Waals surface area contributed by atoms with Crippen LogP contribution in [0, 0.1) is 0 Å². The van der Waals surface area contributed by atoms with Crippen LogP contribution in [0.3, 0.4) is 0 Å². The number of ether oxygens (including phenoxy) is 1. The lowest BCUT2D eigenvalue weighted by atomic mass is 10.1. The predicted octanol–water partition coefficient (Wildman–Crippen LogP) is 2.13. The van der Waals surface area contributed by atoms with Crippen LogP contribution in [0.2, 0.25) is 0 Å². The third-order valence-corrected chi connectivity index (χ3v) is 4.05. The molecule has 2 unspecified atom stereocenters. The number of halogens is 1. The van der Waals surface area contributed by atoms with Crippen molar-refractivity contribution in [3.63, 3.8) is 0 Å². The van der Waals surface area contributed by atoms with Crippen LogP contribution in [0.1, 0.15) is 12.8 Å². The first kappa shape index (κ1) is 12.0. The van der Waals surface area contributed by atoms with Crippen LogP contribution in [0.5, 0.6) is 0 Å². The molecule has 2 heterocycles. The maximum absolute atomic E-state index is 6.02. The van der Waals surface area contributed by atoms with Gasteiger partial charge >= 0.3 is 0 Å². The largest absolute Gasteiger partial charge is 0.376 e. The number of rotatable bonds is 2. The highest BCUT2D eigenvalue weighted by Crippen LogP contribution is 2.28. The van der Waals surface area contributed by atoms with E-state index in [1.807, 2.05) is 12.1 Å². The predicted molar refractivity (Wildman–Crippen MR) is 75.9 cm³/mol. The molecule has 2 atom stereocenters. The van der Waals surface area contributed by atoms with Crippen molar-refractivity contribution < 1.29 is 4.74 Å². The molecule has 3 rings (SSSR count). The number of hydrogen-bond donors (Lipinski definition) is 1. The van der Waals surface area contributed by atoms with Crippen molar-refractivity contribution in [2.75, 3.05) is 18.1 Å². The number of anilines is 1. The summed E-state index contributed by atoms with van der Waals surface area (Å²) < 4.78 is 6.85. The van der Waals surface area contributed by atoms with Crippen molar-refractivity contribution in [2.24, 2.45) is 10.7 Å². The maximum atomic E-state index is 6.02. The summed E-state index contributed by atoms with van der Waals surface area (Å²) in [7, 11) is 0. The summed E-state index contributed by atoms with van der Waals surface area (Å²) in [4.78, 5) is 6.47. The monoisotopic (exact) mass is 309 g/mol. The first-order chi connectivity index (χ1) is 8.75. The third-order valence-electron chi connectivity index (χ3n) is 3.52. The van der Waals surface area contributed by atoms with Gasteiger partial charge in [0.05, 0.1) is 18.7 Å². The zero-order chi connectivity index (χ0) is 12.5. The van der Waals surface area contributed by atoms with Gasteiger partial charge in [0.1, 0.15) is 0 Å². The first-order valence-electron chi connectivity index (χ1n) is 6.22. The lowest BCUT2D eigenvalue weighted by Crippen LogP contribution is -2.47. The summed E-state index contributed by atoms with van der Waals surface area (Å²) in [5, 5.41) is 0. The molecule has 2 aliphatic heterocycles. The van der Waals surface area contributed by atoms with Crippen LogP contribution in [0.25, 0.3) is 0 Å². The molecule has 1 aromatic carbocycles. The van der Waals surface area contributed by atoms with Gasteiger partial charge in [-0.1, -0.05) is 15.9 Å². The molecule has 2 N–H and O–H groups in total. The van der Waals surface area contributed by atoms with Crippen LogP contribution in [-0.2, 0) is 4.74 Å². The molecular formula is C13H16BrN3O. The van der Waals surface area contributed by atoms with Crippen LogP contribution in [-0.4, -0.2) is 31.3 Å². The second-order valence-corrected chi connectivity index (χ2v) is 5.58. The van der Waals surface area contributed by atoms with Crippen molar-refractivity contribution in [3.05, 3.63) is 28.7 Å². The first-order valence-corrected chi connectivity index (χ1v) is 7.01. The molecule has 1 fully saturated rings. The van der Waals surface area contributed by atoms with E-state index in [0.29, 0.717) is 5.96 Å². The Kier molecular flexibility index (Phi) is 3.26. The summed E-state index contributed by atoms with van der Waals surface area (Å²) in [6.45, 7) is 1.59. The number of nitrogens with zero attached hydrogens (tertiary/aromatic N) is 2. The molecule has 18 heavy (non-hydrogen) atoms. The van der Waals surface area contributed by atoms with E-state index in [0.717, 1.165) is 36.2 Å². The molecule has 5 heteroatoms. The summed E-state index contributed by atoms with van der Waals surface area (Å²) in [6, 6.07) is 8.40. The van der Waals surface area contributed by atoms with E-state index in [1.54, 1.807) is 0 Å². The number of guanidine groups is 1. The van der Waals surface area contributed by atoms with Gasteiger partial charge in [-0.2, -0.15) is 0 Å². The average molecular weight is 310 g/mol. The number of aliphatic imine (C=N–C) groups is 1. The molecule has 1 aromatic rings. The smallest absolute Gasteiger partial charge is 0.196 e. The Morgan fingerprint density at radius 3 is 2.78 bits per heavy atom. The van der Waals surface area contributed by atoms with Crippen molar-refractivity contribution in [3.8, 4) is 0 Å². The minimum Gasteiger partial charge on any atom is -0.376 e. The highest BCUT2D eigenvalue weighted by molar-refractivity contribution is 9.10. The second kappa shape index (κ2) is 4.90. The van der Waals surface area contributed by atoms with Gasteiger partial charge in [0, 0.05) is 16.8 Å². The van der Waals surface area contributed by atoms with Gasteiger partial charge in [-0.15, -0.1) is 0 Å². The van der Waals surface area contributed by atoms with E-state index < -0.39 is 0 Å².